The highest BCUT2D eigenvalue weighted by molar-refractivity contribution is 5.91. The SMILES string of the molecule is CCCCc1ccc(NC(=O)CC(N)CC(C)(C)C)cc1. The summed E-state index contributed by atoms with van der Waals surface area (Å²) in [6.07, 6.45) is 4.71. The number of amides is 1. The molecule has 3 nitrogen and oxygen atoms in total. The minimum absolute atomic E-state index is 0.00643. The molecule has 0 aliphatic rings. The summed E-state index contributed by atoms with van der Waals surface area (Å²) in [5.74, 6) is -0.00643. The van der Waals surface area contributed by atoms with E-state index in [0.29, 0.717) is 6.42 Å². The molecule has 0 heterocycles. The van der Waals surface area contributed by atoms with Gasteiger partial charge in [-0.05, 0) is 42.4 Å². The van der Waals surface area contributed by atoms with Crippen molar-refractivity contribution in [2.24, 2.45) is 11.1 Å². The number of carbonyl (C=O) groups excluding carboxylic acids is 1. The summed E-state index contributed by atoms with van der Waals surface area (Å²) in [5, 5.41) is 2.92. The number of hydrogen-bond acceptors (Lipinski definition) is 2. The van der Waals surface area contributed by atoms with Gasteiger partial charge in [0.25, 0.3) is 0 Å². The molecule has 0 bridgehead atoms. The molecule has 0 saturated carbocycles. The van der Waals surface area contributed by atoms with Crippen LogP contribution in [0.1, 0.15) is 58.9 Å². The number of carbonyl (C=O) groups is 1. The van der Waals surface area contributed by atoms with Crippen molar-refractivity contribution in [2.75, 3.05) is 5.32 Å². The zero-order valence-corrected chi connectivity index (χ0v) is 13.9. The summed E-state index contributed by atoms with van der Waals surface area (Å²) < 4.78 is 0. The first-order valence-electron chi connectivity index (χ1n) is 7.94. The predicted octanol–water partition coefficient (Wildman–Crippen LogP) is 4.12. The number of nitrogens with two attached hydrogens (primary N) is 1. The highest BCUT2D eigenvalue weighted by Crippen LogP contribution is 2.21. The molecule has 1 unspecified atom stereocenters. The number of aryl methyl sites for hydroxylation is 1. The van der Waals surface area contributed by atoms with Crippen LogP contribution in [0.4, 0.5) is 5.69 Å². The Morgan fingerprint density at radius 2 is 1.86 bits per heavy atom. The first kappa shape index (κ1) is 17.7. The fourth-order valence-corrected chi connectivity index (χ4v) is 2.44. The Morgan fingerprint density at radius 1 is 1.24 bits per heavy atom. The highest BCUT2D eigenvalue weighted by Gasteiger charge is 2.18. The van der Waals surface area contributed by atoms with E-state index in [1.807, 2.05) is 12.1 Å². The van der Waals surface area contributed by atoms with Crippen molar-refractivity contribution in [3.8, 4) is 0 Å². The molecule has 0 aliphatic carbocycles. The van der Waals surface area contributed by atoms with Crippen molar-refractivity contribution >= 4 is 11.6 Å². The lowest BCUT2D eigenvalue weighted by Gasteiger charge is -2.22. The molecule has 1 aromatic rings. The molecule has 0 aromatic heterocycles. The van der Waals surface area contributed by atoms with Gasteiger partial charge in [0, 0.05) is 18.2 Å². The van der Waals surface area contributed by atoms with E-state index >= 15 is 0 Å². The Kier molecular flexibility index (Phi) is 6.90. The van der Waals surface area contributed by atoms with Gasteiger partial charge < -0.3 is 11.1 Å². The van der Waals surface area contributed by atoms with Gasteiger partial charge in [0.15, 0.2) is 0 Å². The van der Waals surface area contributed by atoms with E-state index < -0.39 is 0 Å². The van der Waals surface area contributed by atoms with Crippen LogP contribution in [0, 0.1) is 5.41 Å². The normalized spacial score (nSPS) is 13.0. The van der Waals surface area contributed by atoms with Crippen LogP contribution >= 0.6 is 0 Å². The average molecular weight is 290 g/mol. The van der Waals surface area contributed by atoms with Gasteiger partial charge in [-0.3, -0.25) is 4.79 Å². The highest BCUT2D eigenvalue weighted by atomic mass is 16.1. The molecule has 118 valence electrons. The summed E-state index contributed by atoms with van der Waals surface area (Å²) in [7, 11) is 0. The van der Waals surface area contributed by atoms with Crippen molar-refractivity contribution in [2.45, 2.75) is 65.8 Å². The first-order chi connectivity index (χ1) is 9.80. The van der Waals surface area contributed by atoms with Gasteiger partial charge in [-0.1, -0.05) is 46.2 Å². The molecule has 3 N–H and O–H groups in total. The molecule has 1 atom stereocenters. The average Bonchev–Trinajstić information content (AvgIpc) is 2.35. The molecule has 1 aromatic carbocycles. The summed E-state index contributed by atoms with van der Waals surface area (Å²) in [6.45, 7) is 8.61. The minimum atomic E-state index is -0.0890. The largest absolute Gasteiger partial charge is 0.327 e. The maximum Gasteiger partial charge on any atom is 0.225 e. The molecule has 1 rings (SSSR count). The van der Waals surface area contributed by atoms with E-state index in [-0.39, 0.29) is 17.4 Å². The number of rotatable bonds is 7. The van der Waals surface area contributed by atoms with Crippen LogP contribution in [0.2, 0.25) is 0 Å². The fourth-order valence-electron chi connectivity index (χ4n) is 2.44. The third-order valence-electron chi connectivity index (χ3n) is 3.38. The van der Waals surface area contributed by atoms with Crippen LogP contribution in [0.5, 0.6) is 0 Å². The van der Waals surface area contributed by atoms with Crippen LogP contribution in [-0.4, -0.2) is 11.9 Å². The Labute approximate surface area is 129 Å². The van der Waals surface area contributed by atoms with E-state index in [4.69, 9.17) is 5.73 Å². The minimum Gasteiger partial charge on any atom is -0.327 e. The molecule has 0 spiro atoms. The lowest BCUT2D eigenvalue weighted by atomic mass is 9.87. The van der Waals surface area contributed by atoms with Crippen LogP contribution < -0.4 is 11.1 Å². The van der Waals surface area contributed by atoms with Gasteiger partial charge in [0.2, 0.25) is 5.91 Å². The van der Waals surface area contributed by atoms with Crippen molar-refractivity contribution in [1.29, 1.82) is 0 Å². The molecule has 3 heteroatoms. The van der Waals surface area contributed by atoms with Gasteiger partial charge >= 0.3 is 0 Å². The predicted molar refractivity (Wildman–Crippen MR) is 90.3 cm³/mol. The molecule has 21 heavy (non-hydrogen) atoms. The Bertz CT molecular complexity index is 432. The Balaban J connectivity index is 2.44. The molecule has 0 aliphatic heterocycles. The van der Waals surface area contributed by atoms with Crippen LogP contribution in [-0.2, 0) is 11.2 Å². The van der Waals surface area contributed by atoms with Crippen LogP contribution in [0.25, 0.3) is 0 Å². The lowest BCUT2D eigenvalue weighted by molar-refractivity contribution is -0.116. The smallest absolute Gasteiger partial charge is 0.225 e. The summed E-state index contributed by atoms with van der Waals surface area (Å²) >= 11 is 0. The van der Waals surface area contributed by atoms with Crippen LogP contribution in [0.15, 0.2) is 24.3 Å². The van der Waals surface area contributed by atoms with Crippen LogP contribution in [0.3, 0.4) is 0 Å². The quantitative estimate of drug-likeness (QED) is 0.793. The van der Waals surface area contributed by atoms with Crippen molar-refractivity contribution < 1.29 is 4.79 Å². The second-order valence-corrected chi connectivity index (χ2v) is 7.08. The molecule has 0 saturated heterocycles. The standard InChI is InChI=1S/C18H30N2O/c1-5-6-7-14-8-10-16(11-9-14)20-17(21)12-15(19)13-18(2,3)4/h8-11,15H,5-7,12-13,19H2,1-4H3,(H,20,21). The van der Waals surface area contributed by atoms with E-state index in [2.05, 4.69) is 45.1 Å². The van der Waals surface area contributed by atoms with Crippen molar-refractivity contribution in [1.82, 2.24) is 0 Å². The zero-order chi connectivity index (χ0) is 15.9. The van der Waals surface area contributed by atoms with E-state index in [1.54, 1.807) is 0 Å². The van der Waals surface area contributed by atoms with Gasteiger partial charge in [-0.15, -0.1) is 0 Å². The summed E-state index contributed by atoms with van der Waals surface area (Å²) in [5.41, 5.74) is 8.35. The molecule has 0 fully saturated rings. The number of hydrogen-bond donors (Lipinski definition) is 2. The van der Waals surface area contributed by atoms with Gasteiger partial charge in [0.05, 0.1) is 0 Å². The number of unbranched alkanes of at least 4 members (excludes halogenated alkanes) is 1. The number of benzene rings is 1. The Morgan fingerprint density at radius 3 is 2.38 bits per heavy atom. The molecule has 1 amide bonds. The maximum atomic E-state index is 12.0. The third kappa shape index (κ3) is 7.86. The summed E-state index contributed by atoms with van der Waals surface area (Å²) in [6, 6.07) is 8.02. The third-order valence-corrected chi connectivity index (χ3v) is 3.38. The number of anilines is 1. The Hall–Kier alpha value is -1.35. The zero-order valence-electron chi connectivity index (χ0n) is 13.9. The second-order valence-electron chi connectivity index (χ2n) is 7.08. The van der Waals surface area contributed by atoms with E-state index in [9.17, 15) is 4.79 Å². The monoisotopic (exact) mass is 290 g/mol. The van der Waals surface area contributed by atoms with Gasteiger partial charge in [-0.2, -0.15) is 0 Å². The van der Waals surface area contributed by atoms with E-state index in [1.165, 1.54) is 18.4 Å². The maximum absolute atomic E-state index is 12.0. The number of nitrogens with one attached hydrogen (secondary N) is 1. The first-order valence-corrected chi connectivity index (χ1v) is 7.94. The fraction of sp³-hybridized carbons (Fsp3) is 0.611. The van der Waals surface area contributed by atoms with Crippen molar-refractivity contribution in [3.05, 3.63) is 29.8 Å². The topological polar surface area (TPSA) is 55.1 Å². The molecular formula is C18H30N2O. The van der Waals surface area contributed by atoms with E-state index in [0.717, 1.165) is 18.5 Å². The van der Waals surface area contributed by atoms with Crippen molar-refractivity contribution in [3.63, 3.8) is 0 Å². The lowest BCUT2D eigenvalue weighted by Crippen LogP contribution is -2.31. The molecular weight excluding hydrogens is 260 g/mol. The summed E-state index contributed by atoms with van der Waals surface area (Å²) in [4.78, 5) is 12.0. The van der Waals surface area contributed by atoms with Gasteiger partial charge in [-0.25, -0.2) is 0 Å². The molecule has 0 radical (unpaired) electrons. The second kappa shape index (κ2) is 8.18. The van der Waals surface area contributed by atoms with Gasteiger partial charge in [0.1, 0.15) is 0 Å².